The zero-order chi connectivity index (χ0) is 16.9. The van der Waals surface area contributed by atoms with Gasteiger partial charge in [-0.05, 0) is 23.3 Å². The van der Waals surface area contributed by atoms with Crippen molar-refractivity contribution >= 4 is 5.91 Å². The topological polar surface area (TPSA) is 46.9 Å². The normalized spacial score (nSPS) is 11.9. The van der Waals surface area contributed by atoms with Crippen LogP contribution in [0, 0.1) is 5.82 Å². The molecule has 0 saturated heterocycles. The molecule has 1 atom stereocenters. The third-order valence-corrected chi connectivity index (χ3v) is 3.81. The number of amides is 1. The van der Waals surface area contributed by atoms with Gasteiger partial charge >= 0.3 is 0 Å². The van der Waals surface area contributed by atoms with E-state index in [-0.39, 0.29) is 18.1 Å². The SMILES string of the molecule is Cn1ccnc1C(NC(=O)Cc1ccccc1)c1cccc(F)c1. The number of hydrogen-bond acceptors (Lipinski definition) is 2. The third kappa shape index (κ3) is 3.68. The van der Waals surface area contributed by atoms with Gasteiger partial charge in [-0.15, -0.1) is 0 Å². The van der Waals surface area contributed by atoms with Crippen molar-refractivity contribution < 1.29 is 9.18 Å². The predicted molar refractivity (Wildman–Crippen MR) is 89.7 cm³/mol. The largest absolute Gasteiger partial charge is 0.342 e. The van der Waals surface area contributed by atoms with Crippen molar-refractivity contribution in [2.75, 3.05) is 0 Å². The van der Waals surface area contributed by atoms with Gasteiger partial charge in [-0.25, -0.2) is 9.37 Å². The summed E-state index contributed by atoms with van der Waals surface area (Å²) in [4.78, 5) is 16.8. The molecule has 1 unspecified atom stereocenters. The second kappa shape index (κ2) is 7.08. The van der Waals surface area contributed by atoms with E-state index in [9.17, 15) is 9.18 Å². The Morgan fingerprint density at radius 3 is 2.67 bits per heavy atom. The monoisotopic (exact) mass is 323 g/mol. The number of nitrogens with zero attached hydrogens (tertiary/aromatic N) is 2. The molecule has 3 rings (SSSR count). The first-order valence-corrected chi connectivity index (χ1v) is 7.69. The Kier molecular flexibility index (Phi) is 4.70. The standard InChI is InChI=1S/C19H18FN3O/c1-23-11-10-21-19(23)18(15-8-5-9-16(20)13-15)22-17(24)12-14-6-3-2-4-7-14/h2-11,13,18H,12H2,1H3,(H,22,24). The van der Waals surface area contributed by atoms with Crippen molar-refractivity contribution in [1.82, 2.24) is 14.9 Å². The van der Waals surface area contributed by atoms with E-state index in [4.69, 9.17) is 0 Å². The summed E-state index contributed by atoms with van der Waals surface area (Å²) in [5, 5.41) is 2.96. The Labute approximate surface area is 140 Å². The molecule has 5 heteroatoms. The first-order valence-electron chi connectivity index (χ1n) is 7.69. The molecule has 0 spiro atoms. The molecular formula is C19H18FN3O. The number of benzene rings is 2. The lowest BCUT2D eigenvalue weighted by atomic mass is 10.0. The van der Waals surface area contributed by atoms with Gasteiger partial charge < -0.3 is 9.88 Å². The van der Waals surface area contributed by atoms with Crippen molar-refractivity contribution in [3.05, 3.63) is 89.8 Å². The molecule has 3 aromatic rings. The fraction of sp³-hybridized carbons (Fsp3) is 0.158. The van der Waals surface area contributed by atoms with E-state index in [2.05, 4.69) is 10.3 Å². The number of hydrogen-bond donors (Lipinski definition) is 1. The molecule has 2 aromatic carbocycles. The first-order chi connectivity index (χ1) is 11.6. The van der Waals surface area contributed by atoms with Crippen molar-refractivity contribution in [1.29, 1.82) is 0 Å². The Morgan fingerprint density at radius 2 is 2.00 bits per heavy atom. The Bertz CT molecular complexity index is 829. The fourth-order valence-corrected chi connectivity index (χ4v) is 2.63. The van der Waals surface area contributed by atoms with Gasteiger partial charge in [0.05, 0.1) is 6.42 Å². The van der Waals surface area contributed by atoms with Crippen LogP contribution < -0.4 is 5.32 Å². The molecule has 0 aliphatic heterocycles. The van der Waals surface area contributed by atoms with E-state index in [1.165, 1.54) is 12.1 Å². The van der Waals surface area contributed by atoms with Crippen molar-refractivity contribution in [2.24, 2.45) is 7.05 Å². The van der Waals surface area contributed by atoms with Crippen LogP contribution in [-0.4, -0.2) is 15.5 Å². The maximum absolute atomic E-state index is 13.6. The van der Waals surface area contributed by atoms with Gasteiger partial charge in [0.1, 0.15) is 17.7 Å². The summed E-state index contributed by atoms with van der Waals surface area (Å²) in [5.74, 6) is 0.171. The maximum atomic E-state index is 13.6. The van der Waals surface area contributed by atoms with Crippen molar-refractivity contribution in [2.45, 2.75) is 12.5 Å². The van der Waals surface area contributed by atoms with E-state index in [0.29, 0.717) is 11.4 Å². The molecule has 0 aliphatic rings. The van der Waals surface area contributed by atoms with E-state index in [1.807, 2.05) is 41.9 Å². The predicted octanol–water partition coefficient (Wildman–Crippen LogP) is 3.01. The summed E-state index contributed by atoms with van der Waals surface area (Å²) in [6.07, 6.45) is 3.72. The molecule has 1 N–H and O–H groups in total. The van der Waals surface area contributed by atoms with Crippen LogP contribution in [-0.2, 0) is 18.3 Å². The van der Waals surface area contributed by atoms with Gasteiger partial charge in [0.15, 0.2) is 0 Å². The second-order valence-electron chi connectivity index (χ2n) is 5.61. The summed E-state index contributed by atoms with van der Waals surface area (Å²) < 4.78 is 15.4. The van der Waals surface area contributed by atoms with Crippen LogP contribution >= 0.6 is 0 Å². The number of aryl methyl sites for hydroxylation is 1. The van der Waals surface area contributed by atoms with Gasteiger partial charge in [-0.3, -0.25) is 4.79 Å². The number of aromatic nitrogens is 2. The molecule has 122 valence electrons. The Morgan fingerprint density at radius 1 is 1.21 bits per heavy atom. The van der Waals surface area contributed by atoms with Gasteiger partial charge in [-0.1, -0.05) is 42.5 Å². The number of halogens is 1. The van der Waals surface area contributed by atoms with Crippen LogP contribution in [0.15, 0.2) is 67.0 Å². The molecule has 24 heavy (non-hydrogen) atoms. The van der Waals surface area contributed by atoms with Gasteiger partial charge in [0, 0.05) is 19.4 Å². The van der Waals surface area contributed by atoms with Gasteiger partial charge in [0.2, 0.25) is 5.91 Å². The smallest absolute Gasteiger partial charge is 0.225 e. The van der Waals surface area contributed by atoms with Crippen molar-refractivity contribution in [3.8, 4) is 0 Å². The fourth-order valence-electron chi connectivity index (χ4n) is 2.63. The van der Waals surface area contributed by atoms with E-state index >= 15 is 0 Å². The Hall–Kier alpha value is -2.95. The number of imidazole rings is 1. The van der Waals surface area contributed by atoms with Crippen LogP contribution in [0.5, 0.6) is 0 Å². The number of nitrogens with one attached hydrogen (secondary N) is 1. The highest BCUT2D eigenvalue weighted by Gasteiger charge is 2.21. The summed E-state index contributed by atoms with van der Waals surface area (Å²) >= 11 is 0. The average Bonchev–Trinajstić information content (AvgIpc) is 2.99. The Balaban J connectivity index is 1.85. The minimum absolute atomic E-state index is 0.140. The van der Waals surface area contributed by atoms with Gasteiger partial charge in [-0.2, -0.15) is 0 Å². The lowest BCUT2D eigenvalue weighted by Crippen LogP contribution is -2.32. The van der Waals surface area contributed by atoms with Crippen molar-refractivity contribution in [3.63, 3.8) is 0 Å². The van der Waals surface area contributed by atoms with Gasteiger partial charge in [0.25, 0.3) is 0 Å². The zero-order valence-electron chi connectivity index (χ0n) is 13.3. The molecule has 1 aromatic heterocycles. The molecule has 0 radical (unpaired) electrons. The van der Waals surface area contributed by atoms with E-state index < -0.39 is 6.04 Å². The molecule has 0 fully saturated rings. The number of carbonyl (C=O) groups is 1. The summed E-state index contributed by atoms with van der Waals surface area (Å²) in [7, 11) is 1.85. The highest BCUT2D eigenvalue weighted by molar-refractivity contribution is 5.79. The molecule has 1 heterocycles. The van der Waals surface area contributed by atoms with Crippen LogP contribution in [0.1, 0.15) is 23.0 Å². The maximum Gasteiger partial charge on any atom is 0.225 e. The highest BCUT2D eigenvalue weighted by atomic mass is 19.1. The molecule has 0 saturated carbocycles. The minimum atomic E-state index is -0.503. The highest BCUT2D eigenvalue weighted by Crippen LogP contribution is 2.21. The van der Waals surface area contributed by atoms with Crippen LogP contribution in [0.3, 0.4) is 0 Å². The molecule has 0 aliphatic carbocycles. The lowest BCUT2D eigenvalue weighted by Gasteiger charge is -2.19. The number of carbonyl (C=O) groups excluding carboxylic acids is 1. The summed E-state index contributed by atoms with van der Waals surface area (Å²) in [6, 6.07) is 15.2. The van der Waals surface area contributed by atoms with Crippen LogP contribution in [0.25, 0.3) is 0 Å². The molecular weight excluding hydrogens is 305 g/mol. The quantitative estimate of drug-likeness (QED) is 0.784. The summed E-state index contributed by atoms with van der Waals surface area (Å²) in [6.45, 7) is 0. The average molecular weight is 323 g/mol. The summed E-state index contributed by atoms with van der Waals surface area (Å²) in [5.41, 5.74) is 1.58. The molecule has 0 bridgehead atoms. The molecule has 4 nitrogen and oxygen atoms in total. The molecule has 1 amide bonds. The zero-order valence-corrected chi connectivity index (χ0v) is 13.3. The number of rotatable bonds is 5. The third-order valence-electron chi connectivity index (χ3n) is 3.81. The van der Waals surface area contributed by atoms with E-state index in [1.54, 1.807) is 24.5 Å². The van der Waals surface area contributed by atoms with Crippen LogP contribution in [0.2, 0.25) is 0 Å². The lowest BCUT2D eigenvalue weighted by molar-refractivity contribution is -0.121. The van der Waals surface area contributed by atoms with E-state index in [0.717, 1.165) is 5.56 Å². The minimum Gasteiger partial charge on any atom is -0.342 e. The van der Waals surface area contributed by atoms with Crippen LogP contribution in [0.4, 0.5) is 4.39 Å². The first kappa shape index (κ1) is 15.9. The second-order valence-corrected chi connectivity index (χ2v) is 5.61.